The first-order valence-corrected chi connectivity index (χ1v) is 7.29. The van der Waals surface area contributed by atoms with Crippen molar-refractivity contribution in [2.24, 2.45) is 5.73 Å². The second-order valence-corrected chi connectivity index (χ2v) is 5.25. The molecular weight excluding hydrogens is 262 g/mol. The molecule has 2 aromatic carbocycles. The minimum Gasteiger partial charge on any atom is -0.480 e. The van der Waals surface area contributed by atoms with Crippen LogP contribution in [0.15, 0.2) is 54.6 Å². The third-order valence-electron chi connectivity index (χ3n) is 3.61. The molecule has 2 aromatic rings. The molecule has 0 radical (unpaired) electrons. The van der Waals surface area contributed by atoms with E-state index in [1.807, 2.05) is 18.2 Å². The SMILES string of the molecule is NC(CCCCc1ccc(-c2ccccc2)cc1)C(=O)O. The van der Waals surface area contributed by atoms with E-state index in [1.165, 1.54) is 16.7 Å². The molecule has 0 bridgehead atoms. The minimum atomic E-state index is -0.915. The van der Waals surface area contributed by atoms with E-state index < -0.39 is 12.0 Å². The summed E-state index contributed by atoms with van der Waals surface area (Å²) in [6.07, 6.45) is 3.30. The van der Waals surface area contributed by atoms with Crippen molar-refractivity contribution in [1.29, 1.82) is 0 Å². The second-order valence-electron chi connectivity index (χ2n) is 5.25. The Hall–Kier alpha value is -2.13. The lowest BCUT2D eigenvalue weighted by atomic mass is 10.0. The van der Waals surface area contributed by atoms with E-state index in [1.54, 1.807) is 0 Å². The van der Waals surface area contributed by atoms with Crippen LogP contribution in [0.25, 0.3) is 11.1 Å². The number of carboxylic acids is 1. The fourth-order valence-corrected chi connectivity index (χ4v) is 2.31. The van der Waals surface area contributed by atoms with Crippen molar-refractivity contribution >= 4 is 5.97 Å². The van der Waals surface area contributed by atoms with Crippen molar-refractivity contribution in [2.75, 3.05) is 0 Å². The number of aryl methyl sites for hydroxylation is 1. The Labute approximate surface area is 125 Å². The van der Waals surface area contributed by atoms with Gasteiger partial charge in [0.15, 0.2) is 0 Å². The number of carboxylic acid groups (broad SMARTS) is 1. The minimum absolute atomic E-state index is 0.539. The van der Waals surface area contributed by atoms with Crippen LogP contribution < -0.4 is 5.73 Å². The normalized spacial score (nSPS) is 12.0. The highest BCUT2D eigenvalue weighted by molar-refractivity contribution is 5.72. The van der Waals surface area contributed by atoms with Crippen LogP contribution in [0.5, 0.6) is 0 Å². The number of nitrogens with two attached hydrogens (primary N) is 1. The first-order valence-electron chi connectivity index (χ1n) is 7.29. The summed E-state index contributed by atoms with van der Waals surface area (Å²) < 4.78 is 0. The molecule has 1 unspecified atom stereocenters. The molecule has 0 saturated heterocycles. The Morgan fingerprint density at radius 1 is 0.952 bits per heavy atom. The van der Waals surface area contributed by atoms with Gasteiger partial charge in [-0.15, -0.1) is 0 Å². The third-order valence-corrected chi connectivity index (χ3v) is 3.61. The standard InChI is InChI=1S/C18H21NO2/c19-17(18(20)21)9-5-4-6-14-10-12-16(13-11-14)15-7-2-1-3-8-15/h1-3,7-8,10-13,17H,4-6,9,19H2,(H,20,21). The van der Waals surface area contributed by atoms with Crippen LogP contribution in [0.3, 0.4) is 0 Å². The largest absolute Gasteiger partial charge is 0.480 e. The van der Waals surface area contributed by atoms with Gasteiger partial charge in [0.2, 0.25) is 0 Å². The van der Waals surface area contributed by atoms with Crippen LogP contribution in [-0.2, 0) is 11.2 Å². The highest BCUT2D eigenvalue weighted by Crippen LogP contribution is 2.20. The van der Waals surface area contributed by atoms with Gasteiger partial charge in [-0.05, 0) is 36.0 Å². The highest BCUT2D eigenvalue weighted by atomic mass is 16.4. The second kappa shape index (κ2) is 7.60. The van der Waals surface area contributed by atoms with Crippen molar-refractivity contribution < 1.29 is 9.90 Å². The van der Waals surface area contributed by atoms with Crippen molar-refractivity contribution in [3.63, 3.8) is 0 Å². The molecular formula is C18H21NO2. The topological polar surface area (TPSA) is 63.3 Å². The monoisotopic (exact) mass is 283 g/mol. The molecule has 110 valence electrons. The molecule has 3 N–H and O–H groups in total. The summed E-state index contributed by atoms with van der Waals surface area (Å²) in [6, 6.07) is 18.1. The molecule has 0 aliphatic carbocycles. The Bertz CT molecular complexity index is 564. The van der Waals surface area contributed by atoms with Gasteiger partial charge >= 0.3 is 5.97 Å². The molecule has 0 spiro atoms. The summed E-state index contributed by atoms with van der Waals surface area (Å²) in [4.78, 5) is 10.6. The van der Waals surface area contributed by atoms with Crippen LogP contribution in [0.4, 0.5) is 0 Å². The number of rotatable bonds is 7. The lowest BCUT2D eigenvalue weighted by Crippen LogP contribution is -2.29. The van der Waals surface area contributed by atoms with Gasteiger partial charge in [-0.3, -0.25) is 4.79 Å². The van der Waals surface area contributed by atoms with Crippen LogP contribution in [0.2, 0.25) is 0 Å². The molecule has 2 rings (SSSR count). The Balaban J connectivity index is 1.82. The quantitative estimate of drug-likeness (QED) is 0.765. The maximum Gasteiger partial charge on any atom is 0.320 e. The van der Waals surface area contributed by atoms with Crippen molar-refractivity contribution in [2.45, 2.75) is 31.7 Å². The highest BCUT2D eigenvalue weighted by Gasteiger charge is 2.09. The Kier molecular flexibility index (Phi) is 5.52. The van der Waals surface area contributed by atoms with Crippen LogP contribution >= 0.6 is 0 Å². The lowest BCUT2D eigenvalue weighted by Gasteiger charge is -2.07. The maximum atomic E-state index is 10.6. The number of hydrogen-bond acceptors (Lipinski definition) is 2. The Morgan fingerprint density at radius 2 is 1.57 bits per heavy atom. The van der Waals surface area contributed by atoms with Crippen LogP contribution in [0, 0.1) is 0 Å². The number of carbonyl (C=O) groups is 1. The van der Waals surface area contributed by atoms with E-state index in [-0.39, 0.29) is 0 Å². The molecule has 3 heteroatoms. The fourth-order valence-electron chi connectivity index (χ4n) is 2.31. The van der Waals surface area contributed by atoms with E-state index in [0.717, 1.165) is 19.3 Å². The van der Waals surface area contributed by atoms with Crippen LogP contribution in [-0.4, -0.2) is 17.1 Å². The summed E-state index contributed by atoms with van der Waals surface area (Å²) in [7, 11) is 0. The Morgan fingerprint density at radius 3 is 2.19 bits per heavy atom. The molecule has 0 heterocycles. The predicted molar refractivity (Wildman–Crippen MR) is 85.0 cm³/mol. The predicted octanol–water partition coefficient (Wildman–Crippen LogP) is 3.48. The van der Waals surface area contributed by atoms with Gasteiger partial charge in [0, 0.05) is 0 Å². The molecule has 0 aliphatic rings. The van der Waals surface area contributed by atoms with Gasteiger partial charge in [-0.25, -0.2) is 0 Å². The average Bonchev–Trinajstić information content (AvgIpc) is 2.52. The van der Waals surface area contributed by atoms with E-state index >= 15 is 0 Å². The molecule has 0 amide bonds. The third kappa shape index (κ3) is 4.72. The molecule has 3 nitrogen and oxygen atoms in total. The van der Waals surface area contributed by atoms with Gasteiger partial charge in [0.1, 0.15) is 6.04 Å². The summed E-state index contributed by atoms with van der Waals surface area (Å²) in [5.41, 5.74) is 9.19. The van der Waals surface area contributed by atoms with Gasteiger partial charge in [0.25, 0.3) is 0 Å². The zero-order chi connectivity index (χ0) is 15.1. The summed E-state index contributed by atoms with van der Waals surface area (Å²) in [5, 5.41) is 8.71. The van der Waals surface area contributed by atoms with E-state index in [4.69, 9.17) is 10.8 Å². The molecule has 0 saturated carbocycles. The van der Waals surface area contributed by atoms with E-state index in [2.05, 4.69) is 36.4 Å². The first-order chi connectivity index (χ1) is 10.2. The number of unbranched alkanes of at least 4 members (excludes halogenated alkanes) is 1. The number of aliphatic carboxylic acids is 1. The summed E-state index contributed by atoms with van der Waals surface area (Å²) in [6.45, 7) is 0. The zero-order valence-corrected chi connectivity index (χ0v) is 12.0. The number of hydrogen-bond donors (Lipinski definition) is 2. The van der Waals surface area contributed by atoms with Gasteiger partial charge in [0.05, 0.1) is 0 Å². The van der Waals surface area contributed by atoms with Crippen LogP contribution in [0.1, 0.15) is 24.8 Å². The summed E-state index contributed by atoms with van der Waals surface area (Å²) in [5.74, 6) is -0.915. The molecule has 21 heavy (non-hydrogen) atoms. The van der Waals surface area contributed by atoms with Gasteiger partial charge in [-0.1, -0.05) is 61.0 Å². The lowest BCUT2D eigenvalue weighted by molar-refractivity contribution is -0.138. The number of benzene rings is 2. The smallest absolute Gasteiger partial charge is 0.320 e. The van der Waals surface area contributed by atoms with Crippen molar-refractivity contribution in [3.8, 4) is 11.1 Å². The van der Waals surface area contributed by atoms with Crippen molar-refractivity contribution in [3.05, 3.63) is 60.2 Å². The maximum absolute atomic E-state index is 10.6. The summed E-state index contributed by atoms with van der Waals surface area (Å²) >= 11 is 0. The first kappa shape index (κ1) is 15.3. The fraction of sp³-hybridized carbons (Fsp3) is 0.278. The molecule has 0 aliphatic heterocycles. The van der Waals surface area contributed by atoms with Crippen molar-refractivity contribution in [1.82, 2.24) is 0 Å². The van der Waals surface area contributed by atoms with E-state index in [9.17, 15) is 4.79 Å². The average molecular weight is 283 g/mol. The van der Waals surface area contributed by atoms with Gasteiger partial charge < -0.3 is 10.8 Å². The van der Waals surface area contributed by atoms with Gasteiger partial charge in [-0.2, -0.15) is 0 Å². The molecule has 0 aromatic heterocycles. The van der Waals surface area contributed by atoms with E-state index in [0.29, 0.717) is 6.42 Å². The molecule has 0 fully saturated rings. The molecule has 1 atom stereocenters. The zero-order valence-electron chi connectivity index (χ0n) is 12.0.